The van der Waals surface area contributed by atoms with E-state index in [-0.39, 0.29) is 5.92 Å². The van der Waals surface area contributed by atoms with Crippen LogP contribution in [0.15, 0.2) is 24.3 Å². The molecule has 8 heteroatoms. The highest BCUT2D eigenvalue weighted by Crippen LogP contribution is 2.27. The van der Waals surface area contributed by atoms with Gasteiger partial charge in [-0.3, -0.25) is 0 Å². The minimum atomic E-state index is -4.32. The molecule has 1 fully saturated rings. The SMILES string of the molecule is COc1ccccc1Cc1nc(C2CCNCC2)n(CC(F)(F)F)n1. The molecule has 0 saturated carbocycles. The molecule has 25 heavy (non-hydrogen) atoms. The Hall–Kier alpha value is -2.09. The van der Waals surface area contributed by atoms with E-state index in [9.17, 15) is 13.2 Å². The predicted molar refractivity (Wildman–Crippen MR) is 86.7 cm³/mol. The Kier molecular flexibility index (Phi) is 5.27. The smallest absolute Gasteiger partial charge is 0.408 e. The van der Waals surface area contributed by atoms with E-state index in [1.807, 2.05) is 24.3 Å². The maximum Gasteiger partial charge on any atom is 0.408 e. The molecule has 1 aromatic heterocycles. The first-order valence-corrected chi connectivity index (χ1v) is 8.29. The van der Waals surface area contributed by atoms with Crippen molar-refractivity contribution in [2.24, 2.45) is 0 Å². The molecule has 5 nitrogen and oxygen atoms in total. The van der Waals surface area contributed by atoms with Gasteiger partial charge in [-0.2, -0.15) is 18.3 Å². The van der Waals surface area contributed by atoms with Crippen LogP contribution in [0.4, 0.5) is 13.2 Å². The summed E-state index contributed by atoms with van der Waals surface area (Å²) in [5.41, 5.74) is 0.853. The summed E-state index contributed by atoms with van der Waals surface area (Å²) in [6.45, 7) is 0.460. The first-order valence-electron chi connectivity index (χ1n) is 8.29. The number of alkyl halides is 3. The van der Waals surface area contributed by atoms with Crippen molar-refractivity contribution >= 4 is 0 Å². The molecule has 0 unspecified atom stereocenters. The van der Waals surface area contributed by atoms with Gasteiger partial charge >= 0.3 is 6.18 Å². The van der Waals surface area contributed by atoms with E-state index < -0.39 is 12.7 Å². The number of nitrogens with zero attached hydrogens (tertiary/aromatic N) is 3. The Morgan fingerprint density at radius 1 is 1.24 bits per heavy atom. The summed E-state index contributed by atoms with van der Waals surface area (Å²) in [4.78, 5) is 4.46. The van der Waals surface area contributed by atoms with Crippen molar-refractivity contribution in [2.75, 3.05) is 20.2 Å². The normalized spacial score (nSPS) is 16.2. The van der Waals surface area contributed by atoms with Gasteiger partial charge in [-0.1, -0.05) is 18.2 Å². The molecule has 0 amide bonds. The zero-order chi connectivity index (χ0) is 17.9. The highest BCUT2D eigenvalue weighted by atomic mass is 19.4. The number of aromatic nitrogens is 3. The minimum Gasteiger partial charge on any atom is -0.496 e. The van der Waals surface area contributed by atoms with Gasteiger partial charge < -0.3 is 10.1 Å². The fraction of sp³-hybridized carbons (Fsp3) is 0.529. The van der Waals surface area contributed by atoms with E-state index >= 15 is 0 Å². The third kappa shape index (κ3) is 4.50. The predicted octanol–water partition coefficient (Wildman–Crippen LogP) is 2.91. The molecule has 0 radical (unpaired) electrons. The maximum absolute atomic E-state index is 12.9. The highest BCUT2D eigenvalue weighted by molar-refractivity contribution is 5.35. The molecule has 0 aliphatic carbocycles. The molecule has 1 aliphatic rings. The standard InChI is InChI=1S/C17H21F3N4O/c1-25-14-5-3-2-4-13(14)10-15-22-16(12-6-8-21-9-7-12)24(23-15)11-17(18,19)20/h2-5,12,21H,6-11H2,1H3. The van der Waals surface area contributed by atoms with E-state index in [4.69, 9.17) is 4.74 Å². The molecule has 1 N–H and O–H groups in total. The number of methoxy groups -OCH3 is 1. The topological polar surface area (TPSA) is 52.0 Å². The zero-order valence-electron chi connectivity index (χ0n) is 14.0. The van der Waals surface area contributed by atoms with Gasteiger partial charge in [-0.15, -0.1) is 0 Å². The van der Waals surface area contributed by atoms with Gasteiger partial charge in [0.1, 0.15) is 18.1 Å². The Labute approximate surface area is 144 Å². The first-order chi connectivity index (χ1) is 12.0. The second-order valence-electron chi connectivity index (χ2n) is 6.17. The molecular weight excluding hydrogens is 333 g/mol. The van der Waals surface area contributed by atoms with Crippen LogP contribution >= 0.6 is 0 Å². The lowest BCUT2D eigenvalue weighted by molar-refractivity contribution is -0.143. The lowest BCUT2D eigenvalue weighted by Gasteiger charge is -2.22. The molecule has 0 atom stereocenters. The fourth-order valence-corrected chi connectivity index (χ4v) is 3.17. The second kappa shape index (κ2) is 7.43. The summed E-state index contributed by atoms with van der Waals surface area (Å²) in [7, 11) is 1.56. The summed E-state index contributed by atoms with van der Waals surface area (Å²) < 4.78 is 45.1. The lowest BCUT2D eigenvalue weighted by Crippen LogP contribution is -2.29. The number of benzene rings is 1. The molecule has 2 aromatic rings. The van der Waals surface area contributed by atoms with Crippen molar-refractivity contribution in [3.63, 3.8) is 0 Å². The van der Waals surface area contributed by atoms with Gasteiger partial charge in [-0.25, -0.2) is 9.67 Å². The van der Waals surface area contributed by atoms with E-state index in [0.29, 0.717) is 23.8 Å². The van der Waals surface area contributed by atoms with Gasteiger partial charge in [-0.05, 0) is 32.0 Å². The molecule has 0 spiro atoms. The monoisotopic (exact) mass is 354 g/mol. The summed E-state index contributed by atoms with van der Waals surface area (Å²) >= 11 is 0. The minimum absolute atomic E-state index is 0.00233. The molecule has 2 heterocycles. The van der Waals surface area contributed by atoms with Gasteiger partial charge in [0.25, 0.3) is 0 Å². The van der Waals surface area contributed by atoms with Crippen molar-refractivity contribution in [1.29, 1.82) is 0 Å². The summed E-state index contributed by atoms with van der Waals surface area (Å²) in [5, 5.41) is 7.37. The highest BCUT2D eigenvalue weighted by Gasteiger charge is 2.32. The van der Waals surface area contributed by atoms with Crippen molar-refractivity contribution < 1.29 is 17.9 Å². The van der Waals surface area contributed by atoms with Crippen LogP contribution in [0.5, 0.6) is 5.75 Å². The largest absolute Gasteiger partial charge is 0.496 e. The number of hydrogen-bond donors (Lipinski definition) is 1. The molecular formula is C17H21F3N4O. The number of nitrogens with one attached hydrogen (secondary N) is 1. The van der Waals surface area contributed by atoms with Crippen LogP contribution in [-0.2, 0) is 13.0 Å². The van der Waals surface area contributed by atoms with Gasteiger partial charge in [0.05, 0.1) is 7.11 Å². The van der Waals surface area contributed by atoms with Gasteiger partial charge in [0.2, 0.25) is 0 Å². The quantitative estimate of drug-likeness (QED) is 0.897. The average molecular weight is 354 g/mol. The molecule has 3 rings (SSSR count). The second-order valence-corrected chi connectivity index (χ2v) is 6.17. The fourth-order valence-electron chi connectivity index (χ4n) is 3.17. The average Bonchev–Trinajstić information content (AvgIpc) is 2.96. The Balaban J connectivity index is 1.89. The summed E-state index contributed by atoms with van der Waals surface area (Å²) in [5.74, 6) is 1.51. The van der Waals surface area contributed by atoms with Crippen molar-refractivity contribution in [3.8, 4) is 5.75 Å². The number of hydrogen-bond acceptors (Lipinski definition) is 4. The number of halogens is 3. The number of rotatable bonds is 5. The zero-order valence-corrected chi connectivity index (χ0v) is 14.0. The van der Waals surface area contributed by atoms with E-state index in [1.165, 1.54) is 0 Å². The van der Waals surface area contributed by atoms with Crippen LogP contribution < -0.4 is 10.1 Å². The van der Waals surface area contributed by atoms with Gasteiger partial charge in [0, 0.05) is 17.9 Å². The van der Waals surface area contributed by atoms with Crippen LogP contribution in [0.25, 0.3) is 0 Å². The number of para-hydroxylation sites is 1. The molecule has 0 bridgehead atoms. The van der Waals surface area contributed by atoms with Crippen LogP contribution in [0.3, 0.4) is 0 Å². The molecule has 1 aliphatic heterocycles. The van der Waals surface area contributed by atoms with Crippen LogP contribution in [0.1, 0.15) is 36.0 Å². The van der Waals surface area contributed by atoms with E-state index in [0.717, 1.165) is 36.2 Å². The van der Waals surface area contributed by atoms with Crippen molar-refractivity contribution in [1.82, 2.24) is 20.1 Å². The Morgan fingerprint density at radius 3 is 2.64 bits per heavy atom. The van der Waals surface area contributed by atoms with E-state index in [1.54, 1.807) is 7.11 Å². The van der Waals surface area contributed by atoms with Crippen molar-refractivity contribution in [2.45, 2.75) is 37.9 Å². The Bertz CT molecular complexity index is 708. The lowest BCUT2D eigenvalue weighted by atomic mass is 9.97. The molecule has 1 saturated heterocycles. The molecule has 1 aromatic carbocycles. The van der Waals surface area contributed by atoms with Crippen LogP contribution in [0.2, 0.25) is 0 Å². The summed E-state index contributed by atoms with van der Waals surface area (Å²) in [6, 6.07) is 7.39. The first kappa shape index (κ1) is 17.7. The third-order valence-corrected chi connectivity index (χ3v) is 4.32. The van der Waals surface area contributed by atoms with Gasteiger partial charge in [0.15, 0.2) is 5.82 Å². The third-order valence-electron chi connectivity index (χ3n) is 4.32. The van der Waals surface area contributed by atoms with E-state index in [2.05, 4.69) is 15.4 Å². The maximum atomic E-state index is 12.9. The van der Waals surface area contributed by atoms with Crippen LogP contribution in [-0.4, -0.2) is 41.1 Å². The number of ether oxygens (including phenoxy) is 1. The summed E-state index contributed by atoms with van der Waals surface area (Å²) in [6.07, 6.45) is -2.45. The van der Waals surface area contributed by atoms with Crippen molar-refractivity contribution in [3.05, 3.63) is 41.5 Å². The van der Waals surface area contributed by atoms with Crippen LogP contribution in [0, 0.1) is 0 Å². The molecule has 136 valence electrons. The Morgan fingerprint density at radius 2 is 1.96 bits per heavy atom. The number of piperidine rings is 1.